The number of esters is 1. The number of aromatic nitrogens is 1. The van der Waals surface area contributed by atoms with Crippen LogP contribution in [0.25, 0.3) is 6.08 Å². The number of allylic oxidation sites excluding steroid dienone is 1. The van der Waals surface area contributed by atoms with Crippen molar-refractivity contribution in [2.24, 2.45) is 4.99 Å². The van der Waals surface area contributed by atoms with Crippen LogP contribution in [-0.4, -0.2) is 24.3 Å². The van der Waals surface area contributed by atoms with E-state index in [1.54, 1.807) is 50.3 Å². The summed E-state index contributed by atoms with van der Waals surface area (Å²) in [6.07, 6.45) is 1.71. The third-order valence-electron chi connectivity index (χ3n) is 5.18. The molecular weight excluding hydrogens is 467 g/mol. The Morgan fingerprint density at radius 3 is 2.64 bits per heavy atom. The number of hydrogen-bond acceptors (Lipinski definition) is 6. The van der Waals surface area contributed by atoms with Crippen molar-refractivity contribution in [3.8, 4) is 5.75 Å². The van der Waals surface area contributed by atoms with Gasteiger partial charge in [0, 0.05) is 0 Å². The molecule has 1 aliphatic rings. The maximum Gasteiger partial charge on any atom is 0.338 e. The summed E-state index contributed by atoms with van der Waals surface area (Å²) in [6, 6.07) is 10.1. The van der Waals surface area contributed by atoms with Crippen LogP contribution in [0.3, 0.4) is 0 Å². The summed E-state index contributed by atoms with van der Waals surface area (Å²) in [5.74, 6) is -0.452. The first kappa shape index (κ1) is 22.9. The van der Waals surface area contributed by atoms with Gasteiger partial charge in [0.05, 0.1) is 40.6 Å². The zero-order valence-corrected chi connectivity index (χ0v) is 19.7. The molecule has 4 rings (SSSR count). The van der Waals surface area contributed by atoms with Gasteiger partial charge in [-0.1, -0.05) is 41.1 Å². The summed E-state index contributed by atoms with van der Waals surface area (Å²) >= 11 is 7.42. The van der Waals surface area contributed by atoms with Crippen LogP contribution >= 0.6 is 22.9 Å². The lowest BCUT2D eigenvalue weighted by atomic mass is 9.96. The SMILES string of the molecule is CCOC(=O)C1=C(C)N=c2s/c(=C/c3ccc(OC)c(Cl)c3)c(=O)n2[C@H]1c1ccc(F)cc1. The van der Waals surface area contributed by atoms with E-state index in [4.69, 9.17) is 21.1 Å². The number of methoxy groups -OCH3 is 1. The molecule has 0 aliphatic carbocycles. The number of benzene rings is 2. The normalized spacial score (nSPS) is 15.8. The molecule has 0 N–H and O–H groups in total. The largest absolute Gasteiger partial charge is 0.495 e. The van der Waals surface area contributed by atoms with Gasteiger partial charge in [-0.15, -0.1) is 0 Å². The molecular formula is C24H20ClFN2O4S. The van der Waals surface area contributed by atoms with Crippen LogP contribution in [0.15, 0.2) is 63.5 Å². The molecule has 1 aliphatic heterocycles. The van der Waals surface area contributed by atoms with Gasteiger partial charge in [-0.05, 0) is 55.3 Å². The summed E-state index contributed by atoms with van der Waals surface area (Å²) in [6.45, 7) is 3.58. The third-order valence-corrected chi connectivity index (χ3v) is 6.45. The van der Waals surface area contributed by atoms with Crippen LogP contribution in [0, 0.1) is 5.82 Å². The molecule has 1 aromatic heterocycles. The van der Waals surface area contributed by atoms with E-state index in [0.29, 0.717) is 36.9 Å². The molecule has 170 valence electrons. The Morgan fingerprint density at radius 2 is 2.00 bits per heavy atom. The number of carbonyl (C=O) groups is 1. The summed E-state index contributed by atoms with van der Waals surface area (Å²) in [7, 11) is 1.53. The van der Waals surface area contributed by atoms with Crippen molar-refractivity contribution >= 4 is 35.0 Å². The summed E-state index contributed by atoms with van der Waals surface area (Å²) in [5.41, 5.74) is 1.66. The summed E-state index contributed by atoms with van der Waals surface area (Å²) in [4.78, 5) is 31.2. The molecule has 0 bridgehead atoms. The minimum Gasteiger partial charge on any atom is -0.495 e. The van der Waals surface area contributed by atoms with Crippen molar-refractivity contribution in [2.45, 2.75) is 19.9 Å². The van der Waals surface area contributed by atoms with Gasteiger partial charge >= 0.3 is 5.97 Å². The molecule has 6 nitrogen and oxygen atoms in total. The topological polar surface area (TPSA) is 69.9 Å². The minimum atomic E-state index is -0.789. The van der Waals surface area contributed by atoms with E-state index < -0.39 is 17.8 Å². The maximum atomic E-state index is 13.6. The zero-order chi connectivity index (χ0) is 23.7. The van der Waals surface area contributed by atoms with Crippen LogP contribution in [0.2, 0.25) is 5.02 Å². The Kier molecular flexibility index (Phi) is 6.49. The van der Waals surface area contributed by atoms with Crippen LogP contribution < -0.4 is 19.6 Å². The predicted molar refractivity (Wildman–Crippen MR) is 125 cm³/mol. The van der Waals surface area contributed by atoms with E-state index in [0.717, 1.165) is 0 Å². The molecule has 0 radical (unpaired) electrons. The van der Waals surface area contributed by atoms with E-state index in [1.165, 1.54) is 35.1 Å². The molecule has 2 heterocycles. The molecule has 0 amide bonds. The van der Waals surface area contributed by atoms with Crippen molar-refractivity contribution < 1.29 is 18.7 Å². The lowest BCUT2D eigenvalue weighted by Crippen LogP contribution is -2.39. The van der Waals surface area contributed by atoms with Crippen LogP contribution in [0.1, 0.15) is 31.0 Å². The number of carbonyl (C=O) groups excluding carboxylic acids is 1. The van der Waals surface area contributed by atoms with E-state index >= 15 is 0 Å². The van der Waals surface area contributed by atoms with Crippen molar-refractivity contribution in [1.29, 1.82) is 0 Å². The Bertz CT molecular complexity index is 1440. The number of halogens is 2. The average Bonchev–Trinajstić information content (AvgIpc) is 3.08. The lowest BCUT2D eigenvalue weighted by Gasteiger charge is -2.24. The van der Waals surface area contributed by atoms with Gasteiger partial charge in [-0.3, -0.25) is 9.36 Å². The van der Waals surface area contributed by atoms with Gasteiger partial charge in [-0.2, -0.15) is 0 Å². The van der Waals surface area contributed by atoms with E-state index in [1.807, 2.05) is 0 Å². The van der Waals surface area contributed by atoms with Crippen molar-refractivity contribution in [1.82, 2.24) is 4.57 Å². The van der Waals surface area contributed by atoms with E-state index in [-0.39, 0.29) is 17.7 Å². The first-order chi connectivity index (χ1) is 15.8. The Morgan fingerprint density at radius 1 is 1.27 bits per heavy atom. The quantitative estimate of drug-likeness (QED) is 0.517. The van der Waals surface area contributed by atoms with Gasteiger partial charge < -0.3 is 9.47 Å². The maximum absolute atomic E-state index is 13.6. The number of nitrogens with zero attached hydrogens (tertiary/aromatic N) is 2. The number of hydrogen-bond donors (Lipinski definition) is 0. The van der Waals surface area contributed by atoms with Gasteiger partial charge in [-0.25, -0.2) is 14.2 Å². The van der Waals surface area contributed by atoms with Crippen molar-refractivity contribution in [3.63, 3.8) is 0 Å². The second kappa shape index (κ2) is 9.33. The molecule has 0 unspecified atom stereocenters. The molecule has 0 saturated heterocycles. The molecule has 1 atom stereocenters. The Balaban J connectivity index is 1.93. The molecule has 0 fully saturated rings. The highest BCUT2D eigenvalue weighted by molar-refractivity contribution is 7.07. The van der Waals surface area contributed by atoms with Crippen molar-refractivity contribution in [3.05, 3.63) is 95.4 Å². The minimum absolute atomic E-state index is 0.175. The fraction of sp³-hybridized carbons (Fsp3) is 0.208. The molecule has 2 aromatic carbocycles. The highest BCUT2D eigenvalue weighted by Crippen LogP contribution is 2.31. The van der Waals surface area contributed by atoms with Gasteiger partial charge in [0.2, 0.25) is 0 Å². The standard InChI is InChI=1S/C24H20ClFN2O4S/c1-4-32-23(30)20-13(2)27-24-28(21(20)15-6-8-16(26)9-7-15)22(29)19(33-24)12-14-5-10-18(31-3)17(25)11-14/h5-12,21H,4H2,1-3H3/b19-12+/t21-/m0/s1. The highest BCUT2D eigenvalue weighted by atomic mass is 35.5. The predicted octanol–water partition coefficient (Wildman–Crippen LogP) is 3.60. The molecule has 9 heteroatoms. The first-order valence-electron chi connectivity index (χ1n) is 10.1. The lowest BCUT2D eigenvalue weighted by molar-refractivity contribution is -0.139. The number of thiazole rings is 1. The van der Waals surface area contributed by atoms with Crippen LogP contribution in [0.5, 0.6) is 5.75 Å². The zero-order valence-electron chi connectivity index (χ0n) is 18.1. The number of ether oxygens (including phenoxy) is 2. The third kappa shape index (κ3) is 4.36. The summed E-state index contributed by atoms with van der Waals surface area (Å²) < 4.78 is 25.9. The number of fused-ring (bicyclic) bond motifs is 1. The fourth-order valence-electron chi connectivity index (χ4n) is 3.68. The fourth-order valence-corrected chi connectivity index (χ4v) is 4.99. The van der Waals surface area contributed by atoms with Gasteiger partial charge in [0.1, 0.15) is 11.6 Å². The average molecular weight is 487 g/mol. The molecule has 33 heavy (non-hydrogen) atoms. The second-order valence-electron chi connectivity index (χ2n) is 7.25. The first-order valence-corrected chi connectivity index (χ1v) is 11.3. The number of rotatable bonds is 5. The van der Waals surface area contributed by atoms with Gasteiger partial charge in [0.25, 0.3) is 5.56 Å². The second-order valence-corrected chi connectivity index (χ2v) is 8.66. The Hall–Kier alpha value is -3.23. The molecule has 0 saturated carbocycles. The monoisotopic (exact) mass is 486 g/mol. The van der Waals surface area contributed by atoms with Crippen LogP contribution in [0.4, 0.5) is 4.39 Å². The van der Waals surface area contributed by atoms with E-state index in [2.05, 4.69) is 4.99 Å². The summed E-state index contributed by atoms with van der Waals surface area (Å²) in [5, 5.41) is 0.420. The molecule has 0 spiro atoms. The Labute approximate surface area is 197 Å². The van der Waals surface area contributed by atoms with Crippen molar-refractivity contribution in [2.75, 3.05) is 13.7 Å². The van der Waals surface area contributed by atoms with Crippen LogP contribution in [-0.2, 0) is 9.53 Å². The van der Waals surface area contributed by atoms with Gasteiger partial charge in [0.15, 0.2) is 4.80 Å². The molecule has 3 aromatic rings. The van der Waals surface area contributed by atoms with E-state index in [9.17, 15) is 14.0 Å². The smallest absolute Gasteiger partial charge is 0.338 e. The highest BCUT2D eigenvalue weighted by Gasteiger charge is 2.33.